The number of carboxylic acid groups (broad SMARTS) is 1. The van der Waals surface area contributed by atoms with E-state index in [1.54, 1.807) is 0 Å². The van der Waals surface area contributed by atoms with Gasteiger partial charge in [-0.05, 0) is 49.4 Å². The van der Waals surface area contributed by atoms with E-state index >= 15 is 0 Å². The Kier molecular flexibility index (Phi) is 6.89. The number of hydrogen-bond donors (Lipinski definition) is 2. The summed E-state index contributed by atoms with van der Waals surface area (Å²) in [6, 6.07) is 6.84. The van der Waals surface area contributed by atoms with Gasteiger partial charge in [0.05, 0.1) is 6.61 Å². The molecule has 0 aromatic heterocycles. The summed E-state index contributed by atoms with van der Waals surface area (Å²) in [5.41, 5.74) is 0. The standard InChI is InChI=1S/C17H22BrNO4/c18-13-6-8-14(9-7-13)23-10-2-1-3-16(20)19-15(17(21)22)11-12-4-5-12/h6-9,12,15H,1-5,10-11H2,(H,19,20)(H,21,22). The smallest absolute Gasteiger partial charge is 0.326 e. The Labute approximate surface area is 144 Å². The van der Waals surface area contributed by atoms with E-state index in [1.807, 2.05) is 24.3 Å². The third-order valence-electron chi connectivity index (χ3n) is 3.78. The molecular formula is C17H22BrNO4. The highest BCUT2D eigenvalue weighted by molar-refractivity contribution is 9.10. The molecule has 5 nitrogen and oxygen atoms in total. The number of carboxylic acids is 1. The number of nitrogens with one attached hydrogen (secondary N) is 1. The van der Waals surface area contributed by atoms with Gasteiger partial charge in [-0.15, -0.1) is 0 Å². The van der Waals surface area contributed by atoms with Crippen molar-refractivity contribution in [2.24, 2.45) is 5.92 Å². The number of hydrogen-bond acceptors (Lipinski definition) is 3. The van der Waals surface area contributed by atoms with Crippen LogP contribution in [0.15, 0.2) is 28.7 Å². The molecule has 1 aliphatic rings. The lowest BCUT2D eigenvalue weighted by atomic mass is 10.1. The topological polar surface area (TPSA) is 75.6 Å². The summed E-state index contributed by atoms with van der Waals surface area (Å²) in [6.07, 6.45) is 4.47. The molecule has 6 heteroatoms. The lowest BCUT2D eigenvalue weighted by molar-refractivity contribution is -0.142. The zero-order valence-electron chi connectivity index (χ0n) is 13.0. The van der Waals surface area contributed by atoms with Crippen LogP contribution >= 0.6 is 15.9 Å². The molecule has 0 aliphatic heterocycles. The number of aliphatic carboxylic acids is 1. The lowest BCUT2D eigenvalue weighted by Gasteiger charge is -2.14. The molecule has 1 saturated carbocycles. The van der Waals surface area contributed by atoms with E-state index in [-0.39, 0.29) is 5.91 Å². The molecule has 23 heavy (non-hydrogen) atoms. The van der Waals surface area contributed by atoms with Crippen molar-refractivity contribution < 1.29 is 19.4 Å². The molecule has 0 radical (unpaired) electrons. The Balaban J connectivity index is 1.58. The number of carbonyl (C=O) groups excluding carboxylic acids is 1. The summed E-state index contributed by atoms with van der Waals surface area (Å²) in [7, 11) is 0. The second-order valence-corrected chi connectivity index (χ2v) is 6.81. The zero-order chi connectivity index (χ0) is 16.7. The van der Waals surface area contributed by atoms with Crippen LogP contribution in [0, 0.1) is 5.92 Å². The van der Waals surface area contributed by atoms with Gasteiger partial charge in [-0.3, -0.25) is 4.79 Å². The SMILES string of the molecule is O=C(CCCCOc1ccc(Br)cc1)NC(CC1CC1)C(=O)O. The summed E-state index contributed by atoms with van der Waals surface area (Å²) in [4.78, 5) is 22.9. The van der Waals surface area contributed by atoms with Crippen molar-refractivity contribution in [2.75, 3.05) is 6.61 Å². The number of halogens is 1. The maximum atomic E-state index is 11.8. The Morgan fingerprint density at radius 3 is 2.57 bits per heavy atom. The highest BCUT2D eigenvalue weighted by Gasteiger charge is 2.29. The molecule has 1 aliphatic carbocycles. The van der Waals surface area contributed by atoms with Crippen molar-refractivity contribution in [1.29, 1.82) is 0 Å². The van der Waals surface area contributed by atoms with Gasteiger partial charge in [-0.2, -0.15) is 0 Å². The number of unbranched alkanes of at least 4 members (excludes halogenated alkanes) is 1. The maximum absolute atomic E-state index is 11.8. The maximum Gasteiger partial charge on any atom is 0.326 e. The fourth-order valence-corrected chi connectivity index (χ4v) is 2.55. The first-order valence-corrected chi connectivity index (χ1v) is 8.74. The van der Waals surface area contributed by atoms with Crippen molar-refractivity contribution in [3.05, 3.63) is 28.7 Å². The third-order valence-corrected chi connectivity index (χ3v) is 4.31. The van der Waals surface area contributed by atoms with Crippen molar-refractivity contribution in [3.8, 4) is 5.75 Å². The van der Waals surface area contributed by atoms with Gasteiger partial charge >= 0.3 is 5.97 Å². The largest absolute Gasteiger partial charge is 0.494 e. The molecule has 1 aromatic rings. The average molecular weight is 384 g/mol. The summed E-state index contributed by atoms with van der Waals surface area (Å²) in [5, 5.41) is 11.7. The summed E-state index contributed by atoms with van der Waals surface area (Å²) < 4.78 is 6.58. The Bertz CT molecular complexity index is 528. The van der Waals surface area contributed by atoms with Crippen molar-refractivity contribution in [3.63, 3.8) is 0 Å². The summed E-state index contributed by atoms with van der Waals surface area (Å²) in [6.45, 7) is 0.541. The molecule has 1 atom stereocenters. The number of carbonyl (C=O) groups is 2. The monoisotopic (exact) mass is 383 g/mol. The van der Waals surface area contributed by atoms with E-state index in [2.05, 4.69) is 21.2 Å². The first kappa shape index (κ1) is 17.8. The second kappa shape index (κ2) is 8.91. The van der Waals surface area contributed by atoms with Gasteiger partial charge in [0.25, 0.3) is 0 Å². The Morgan fingerprint density at radius 1 is 1.26 bits per heavy atom. The zero-order valence-corrected chi connectivity index (χ0v) is 14.5. The van der Waals surface area contributed by atoms with Crippen LogP contribution < -0.4 is 10.1 Å². The molecule has 1 unspecified atom stereocenters. The van der Waals surface area contributed by atoms with Crippen LogP contribution in [0.25, 0.3) is 0 Å². The number of benzene rings is 1. The fraction of sp³-hybridized carbons (Fsp3) is 0.529. The highest BCUT2D eigenvalue weighted by atomic mass is 79.9. The minimum atomic E-state index is -0.941. The van der Waals surface area contributed by atoms with Gasteiger partial charge in [-0.25, -0.2) is 4.79 Å². The molecule has 0 bridgehead atoms. The molecule has 2 rings (SSSR count). The molecule has 126 valence electrons. The average Bonchev–Trinajstić information content (AvgIpc) is 3.32. The Morgan fingerprint density at radius 2 is 1.96 bits per heavy atom. The third kappa shape index (κ3) is 7.03. The van der Waals surface area contributed by atoms with E-state index < -0.39 is 12.0 Å². The van der Waals surface area contributed by atoms with Gasteiger partial charge in [0.2, 0.25) is 5.91 Å². The van der Waals surface area contributed by atoms with Crippen molar-refractivity contribution in [1.82, 2.24) is 5.32 Å². The van der Waals surface area contributed by atoms with Crippen LogP contribution in [0.5, 0.6) is 5.75 Å². The summed E-state index contributed by atoms with van der Waals surface area (Å²) in [5.74, 6) is 0.134. The molecule has 2 N–H and O–H groups in total. The van der Waals surface area contributed by atoms with E-state index in [4.69, 9.17) is 9.84 Å². The fourth-order valence-electron chi connectivity index (χ4n) is 2.28. The predicted octanol–water partition coefficient (Wildman–Crippen LogP) is 3.37. The molecular weight excluding hydrogens is 362 g/mol. The highest BCUT2D eigenvalue weighted by Crippen LogP contribution is 2.33. The first-order chi connectivity index (χ1) is 11.0. The van der Waals surface area contributed by atoms with Gasteiger partial charge in [0.1, 0.15) is 11.8 Å². The van der Waals surface area contributed by atoms with E-state index in [0.717, 1.165) is 29.5 Å². The number of amides is 1. The van der Waals surface area contributed by atoms with E-state index in [1.165, 1.54) is 0 Å². The second-order valence-electron chi connectivity index (χ2n) is 5.90. The Hall–Kier alpha value is -1.56. The molecule has 0 heterocycles. The van der Waals surface area contributed by atoms with Gasteiger partial charge < -0.3 is 15.2 Å². The minimum Gasteiger partial charge on any atom is -0.494 e. The summed E-state index contributed by atoms with van der Waals surface area (Å²) >= 11 is 3.36. The predicted molar refractivity (Wildman–Crippen MR) is 90.4 cm³/mol. The molecule has 0 saturated heterocycles. The van der Waals surface area contributed by atoms with Crippen LogP contribution in [0.1, 0.15) is 38.5 Å². The van der Waals surface area contributed by atoms with Gasteiger partial charge in [0, 0.05) is 10.9 Å². The quantitative estimate of drug-likeness (QED) is 0.607. The molecule has 1 fully saturated rings. The van der Waals surface area contributed by atoms with Crippen LogP contribution in [-0.2, 0) is 9.59 Å². The van der Waals surface area contributed by atoms with Crippen LogP contribution in [0.4, 0.5) is 0 Å². The first-order valence-electron chi connectivity index (χ1n) is 7.95. The molecule has 1 amide bonds. The van der Waals surface area contributed by atoms with E-state index in [0.29, 0.717) is 31.8 Å². The van der Waals surface area contributed by atoms with E-state index in [9.17, 15) is 9.59 Å². The van der Waals surface area contributed by atoms with Crippen LogP contribution in [0.2, 0.25) is 0 Å². The number of ether oxygens (including phenoxy) is 1. The normalized spacial score (nSPS) is 15.0. The number of rotatable bonds is 10. The lowest BCUT2D eigenvalue weighted by Crippen LogP contribution is -2.41. The minimum absolute atomic E-state index is 0.193. The van der Waals surface area contributed by atoms with Crippen LogP contribution in [0.3, 0.4) is 0 Å². The molecule has 1 aromatic carbocycles. The van der Waals surface area contributed by atoms with Gasteiger partial charge in [0.15, 0.2) is 0 Å². The molecule has 0 spiro atoms. The van der Waals surface area contributed by atoms with Gasteiger partial charge in [-0.1, -0.05) is 28.8 Å². The van der Waals surface area contributed by atoms with Crippen molar-refractivity contribution >= 4 is 27.8 Å². The van der Waals surface area contributed by atoms with Crippen LogP contribution in [-0.4, -0.2) is 29.6 Å². The van der Waals surface area contributed by atoms with Crippen molar-refractivity contribution in [2.45, 2.75) is 44.6 Å².